The second kappa shape index (κ2) is 6.93. The van der Waals surface area contributed by atoms with Gasteiger partial charge in [0.2, 0.25) is 11.9 Å². The number of hydrogen-bond acceptors (Lipinski definition) is 7. The van der Waals surface area contributed by atoms with Gasteiger partial charge in [-0.3, -0.25) is 9.48 Å². The molecule has 3 heterocycles. The lowest BCUT2D eigenvalue weighted by molar-refractivity contribution is -0.134. The van der Waals surface area contributed by atoms with Crippen molar-refractivity contribution in [1.82, 2.24) is 24.6 Å². The monoisotopic (exact) mass is 376 g/mol. The number of hydrogen-bond donors (Lipinski definition) is 0. The molecule has 0 bridgehead atoms. The zero-order valence-electron chi connectivity index (χ0n) is 15.8. The van der Waals surface area contributed by atoms with E-state index in [4.69, 9.17) is 0 Å². The van der Waals surface area contributed by atoms with Crippen LogP contribution in [0.2, 0.25) is 0 Å². The molecular formula is C19H20N8O. The Bertz CT molecular complexity index is 1010. The highest BCUT2D eigenvalue weighted by molar-refractivity contribution is 5.81. The van der Waals surface area contributed by atoms with Crippen LogP contribution in [0, 0.1) is 28.6 Å². The van der Waals surface area contributed by atoms with Crippen molar-refractivity contribution in [2.75, 3.05) is 24.5 Å². The Kier molecular flexibility index (Phi) is 4.44. The van der Waals surface area contributed by atoms with E-state index in [9.17, 15) is 15.3 Å². The van der Waals surface area contributed by atoms with Crippen LogP contribution in [-0.2, 0) is 11.8 Å². The fourth-order valence-electron chi connectivity index (χ4n) is 3.59. The number of nitriles is 2. The number of nitrogens with zero attached hydrogens (tertiary/aromatic N) is 8. The van der Waals surface area contributed by atoms with E-state index in [1.807, 2.05) is 22.8 Å². The molecule has 0 unspecified atom stereocenters. The molecular weight excluding hydrogens is 356 g/mol. The van der Waals surface area contributed by atoms with Gasteiger partial charge in [-0.15, -0.1) is 0 Å². The average molecular weight is 376 g/mol. The van der Waals surface area contributed by atoms with E-state index in [-0.39, 0.29) is 23.6 Å². The summed E-state index contributed by atoms with van der Waals surface area (Å²) in [5.74, 6) is 0.955. The number of anilines is 1. The summed E-state index contributed by atoms with van der Waals surface area (Å²) in [4.78, 5) is 25.3. The fraction of sp³-hybridized carbons (Fsp3) is 0.474. The van der Waals surface area contributed by atoms with Crippen LogP contribution in [0.3, 0.4) is 0 Å². The van der Waals surface area contributed by atoms with Crippen molar-refractivity contribution in [3.05, 3.63) is 23.7 Å². The fourth-order valence-corrected chi connectivity index (χ4v) is 3.59. The Morgan fingerprint density at radius 1 is 1.25 bits per heavy atom. The molecule has 0 spiro atoms. The van der Waals surface area contributed by atoms with Gasteiger partial charge in [-0.2, -0.15) is 15.6 Å². The van der Waals surface area contributed by atoms with E-state index in [1.54, 1.807) is 13.2 Å². The molecule has 1 amide bonds. The van der Waals surface area contributed by atoms with E-state index >= 15 is 0 Å². The summed E-state index contributed by atoms with van der Waals surface area (Å²) in [5.41, 5.74) is 1.43. The predicted octanol–water partition coefficient (Wildman–Crippen LogP) is 1.07. The molecule has 2 aliphatic rings. The number of amides is 1. The van der Waals surface area contributed by atoms with E-state index < -0.39 is 0 Å². The van der Waals surface area contributed by atoms with Gasteiger partial charge in [-0.25, -0.2) is 9.97 Å². The smallest absolute Gasteiger partial charge is 0.226 e. The highest BCUT2D eigenvalue weighted by Gasteiger charge is 2.37. The lowest BCUT2D eigenvalue weighted by atomic mass is 10.1. The maximum absolute atomic E-state index is 12.4. The minimum Gasteiger partial charge on any atom is -0.337 e. The van der Waals surface area contributed by atoms with Gasteiger partial charge >= 0.3 is 0 Å². The summed E-state index contributed by atoms with van der Waals surface area (Å²) in [6, 6.07) is 4.21. The normalized spacial score (nSPS) is 19.2. The third-order valence-corrected chi connectivity index (χ3v) is 5.21. The zero-order chi connectivity index (χ0) is 19.8. The minimum atomic E-state index is 0.0672. The molecule has 1 atom stereocenters. The quantitative estimate of drug-likeness (QED) is 0.787. The van der Waals surface area contributed by atoms with E-state index in [0.717, 1.165) is 12.8 Å². The highest BCUT2D eigenvalue weighted by atomic mass is 16.2. The lowest BCUT2D eigenvalue weighted by Crippen LogP contribution is -2.55. The third kappa shape index (κ3) is 3.16. The van der Waals surface area contributed by atoms with Crippen LogP contribution in [0.15, 0.2) is 12.4 Å². The van der Waals surface area contributed by atoms with Crippen molar-refractivity contribution in [3.8, 4) is 23.4 Å². The predicted molar refractivity (Wildman–Crippen MR) is 99.8 cm³/mol. The summed E-state index contributed by atoms with van der Waals surface area (Å²) in [7, 11) is 1.72. The van der Waals surface area contributed by atoms with Gasteiger partial charge in [0.05, 0.1) is 23.0 Å². The first-order valence-electron chi connectivity index (χ1n) is 9.28. The van der Waals surface area contributed by atoms with Crippen LogP contribution in [0.5, 0.6) is 0 Å². The number of aromatic nitrogens is 4. The summed E-state index contributed by atoms with van der Waals surface area (Å²) < 4.78 is 1.53. The van der Waals surface area contributed by atoms with Gasteiger partial charge in [0, 0.05) is 44.8 Å². The van der Waals surface area contributed by atoms with Crippen molar-refractivity contribution in [1.29, 1.82) is 10.5 Å². The first-order chi connectivity index (χ1) is 13.5. The van der Waals surface area contributed by atoms with Crippen molar-refractivity contribution >= 4 is 11.9 Å². The van der Waals surface area contributed by atoms with Gasteiger partial charge in [0.25, 0.3) is 0 Å². The zero-order valence-corrected chi connectivity index (χ0v) is 15.8. The molecule has 2 aromatic rings. The van der Waals surface area contributed by atoms with Gasteiger partial charge < -0.3 is 9.80 Å². The molecule has 9 heteroatoms. The Hall–Kier alpha value is -3.46. The second-order valence-electron chi connectivity index (χ2n) is 7.32. The Balaban J connectivity index is 1.62. The van der Waals surface area contributed by atoms with Gasteiger partial charge in [-0.1, -0.05) is 0 Å². The summed E-state index contributed by atoms with van der Waals surface area (Å²) in [6.07, 6.45) is 5.17. The largest absolute Gasteiger partial charge is 0.337 e. The van der Waals surface area contributed by atoms with Crippen molar-refractivity contribution in [2.24, 2.45) is 13.0 Å². The number of aryl methyl sites for hydroxylation is 1. The van der Waals surface area contributed by atoms with E-state index in [1.165, 1.54) is 10.9 Å². The molecule has 1 saturated heterocycles. The highest BCUT2D eigenvalue weighted by Crippen LogP contribution is 2.32. The SMILES string of the molecule is C[C@@H]1CN(c2ncc(C#N)c(-c3cn(C)nc3C#N)n2)CCN1C(=O)C1CC1. The maximum Gasteiger partial charge on any atom is 0.226 e. The molecule has 4 rings (SSSR count). The molecule has 0 aromatic carbocycles. The molecule has 142 valence electrons. The van der Waals surface area contributed by atoms with Crippen molar-refractivity contribution < 1.29 is 4.79 Å². The lowest BCUT2D eigenvalue weighted by Gasteiger charge is -2.40. The Labute approximate surface area is 162 Å². The molecule has 1 aliphatic carbocycles. The maximum atomic E-state index is 12.4. The summed E-state index contributed by atoms with van der Waals surface area (Å²) in [5, 5.41) is 22.9. The standard InChI is InChI=1S/C19H20N8O/c1-12-10-26(5-6-27(12)18(28)13-3-4-13)19-22-9-14(7-20)17(23-19)15-11-25(2)24-16(15)8-21/h9,11-13H,3-6,10H2,1-2H3/t12-/m1/s1. The van der Waals surface area contributed by atoms with E-state index in [0.29, 0.717) is 42.4 Å². The Morgan fingerprint density at radius 2 is 2.04 bits per heavy atom. The van der Waals surface area contributed by atoms with Crippen LogP contribution in [-0.4, -0.2) is 56.2 Å². The molecule has 0 N–H and O–H groups in total. The summed E-state index contributed by atoms with van der Waals surface area (Å²) >= 11 is 0. The number of piperazine rings is 1. The van der Waals surface area contributed by atoms with Gasteiger partial charge in [-0.05, 0) is 19.8 Å². The first kappa shape index (κ1) is 17.9. The van der Waals surface area contributed by atoms with Crippen LogP contribution >= 0.6 is 0 Å². The average Bonchev–Trinajstić information content (AvgIpc) is 3.48. The molecule has 2 fully saturated rings. The summed E-state index contributed by atoms with van der Waals surface area (Å²) in [6.45, 7) is 3.92. The first-order valence-corrected chi connectivity index (χ1v) is 9.28. The van der Waals surface area contributed by atoms with Gasteiger partial charge in [0.15, 0.2) is 5.69 Å². The molecule has 0 radical (unpaired) electrons. The van der Waals surface area contributed by atoms with Crippen LogP contribution in [0.1, 0.15) is 31.0 Å². The molecule has 28 heavy (non-hydrogen) atoms. The van der Waals surface area contributed by atoms with Crippen molar-refractivity contribution in [3.63, 3.8) is 0 Å². The van der Waals surface area contributed by atoms with Gasteiger partial charge in [0.1, 0.15) is 12.1 Å². The van der Waals surface area contributed by atoms with Crippen LogP contribution < -0.4 is 4.90 Å². The molecule has 1 aliphatic heterocycles. The van der Waals surface area contributed by atoms with E-state index in [2.05, 4.69) is 21.1 Å². The molecule has 1 saturated carbocycles. The second-order valence-corrected chi connectivity index (χ2v) is 7.32. The minimum absolute atomic E-state index is 0.0672. The number of rotatable bonds is 3. The Morgan fingerprint density at radius 3 is 2.68 bits per heavy atom. The third-order valence-electron chi connectivity index (χ3n) is 5.21. The van der Waals surface area contributed by atoms with Crippen LogP contribution in [0.4, 0.5) is 5.95 Å². The van der Waals surface area contributed by atoms with Crippen LogP contribution in [0.25, 0.3) is 11.3 Å². The van der Waals surface area contributed by atoms with Crippen molar-refractivity contribution in [2.45, 2.75) is 25.8 Å². The number of carbonyl (C=O) groups is 1. The number of carbonyl (C=O) groups excluding carboxylic acids is 1. The molecule has 2 aromatic heterocycles. The molecule has 9 nitrogen and oxygen atoms in total. The topological polar surface area (TPSA) is 115 Å².